The van der Waals surface area contributed by atoms with Crippen LogP contribution in [0.1, 0.15) is 20.3 Å². The Kier molecular flexibility index (Phi) is 6.64. The van der Waals surface area contributed by atoms with Crippen molar-refractivity contribution in [3.63, 3.8) is 0 Å². The van der Waals surface area contributed by atoms with Gasteiger partial charge >= 0.3 is 0 Å². The molecular formula is C11H23NO2S. The standard InChI is InChI=1S/C11H23NO2S/c1-9(2)11-7-10(8-15-11)12-3-5-14-6-4-13/h9-13H,3-8H2,1-2H3. The largest absolute Gasteiger partial charge is 0.394 e. The molecule has 15 heavy (non-hydrogen) atoms. The van der Waals surface area contributed by atoms with Gasteiger partial charge in [-0.05, 0) is 12.3 Å². The highest BCUT2D eigenvalue weighted by Gasteiger charge is 2.26. The van der Waals surface area contributed by atoms with Gasteiger partial charge in [-0.1, -0.05) is 13.8 Å². The highest BCUT2D eigenvalue weighted by molar-refractivity contribution is 8.00. The summed E-state index contributed by atoms with van der Waals surface area (Å²) in [6.45, 7) is 6.77. The van der Waals surface area contributed by atoms with Crippen LogP contribution in [0, 0.1) is 5.92 Å². The molecule has 0 amide bonds. The highest BCUT2D eigenvalue weighted by atomic mass is 32.2. The fourth-order valence-corrected chi connectivity index (χ4v) is 3.25. The van der Waals surface area contributed by atoms with Crippen LogP contribution < -0.4 is 5.32 Å². The lowest BCUT2D eigenvalue weighted by atomic mass is 10.0. The Hall–Kier alpha value is 0.230. The van der Waals surface area contributed by atoms with Gasteiger partial charge in [0.1, 0.15) is 0 Å². The Bertz CT molecular complexity index is 167. The summed E-state index contributed by atoms with van der Waals surface area (Å²) in [5.41, 5.74) is 0. The number of aliphatic hydroxyl groups excluding tert-OH is 1. The maximum absolute atomic E-state index is 8.52. The SMILES string of the molecule is CC(C)C1CC(NCCOCCO)CS1. The number of hydrogen-bond donors (Lipinski definition) is 2. The first-order valence-corrected chi connectivity index (χ1v) is 6.82. The van der Waals surface area contributed by atoms with Crippen molar-refractivity contribution in [3.8, 4) is 0 Å². The minimum atomic E-state index is 0.120. The minimum Gasteiger partial charge on any atom is -0.394 e. The van der Waals surface area contributed by atoms with Gasteiger partial charge in [0.25, 0.3) is 0 Å². The molecule has 90 valence electrons. The summed E-state index contributed by atoms with van der Waals surface area (Å²) in [5, 5.41) is 12.8. The van der Waals surface area contributed by atoms with E-state index in [0.717, 1.165) is 17.7 Å². The van der Waals surface area contributed by atoms with Crippen molar-refractivity contribution >= 4 is 11.8 Å². The first-order valence-electron chi connectivity index (χ1n) is 5.77. The van der Waals surface area contributed by atoms with Crippen LogP contribution in [0.5, 0.6) is 0 Å². The van der Waals surface area contributed by atoms with Gasteiger partial charge in [-0.25, -0.2) is 0 Å². The topological polar surface area (TPSA) is 41.5 Å². The molecule has 1 rings (SSSR count). The predicted molar refractivity (Wildman–Crippen MR) is 65.4 cm³/mol. The molecule has 1 fully saturated rings. The van der Waals surface area contributed by atoms with Crippen LogP contribution in [-0.4, -0.2) is 48.5 Å². The van der Waals surface area contributed by atoms with Crippen molar-refractivity contribution in [3.05, 3.63) is 0 Å². The molecular weight excluding hydrogens is 210 g/mol. The molecule has 0 aromatic carbocycles. The van der Waals surface area contributed by atoms with Crippen molar-refractivity contribution in [2.24, 2.45) is 5.92 Å². The van der Waals surface area contributed by atoms with Crippen molar-refractivity contribution in [1.29, 1.82) is 0 Å². The zero-order chi connectivity index (χ0) is 11.1. The molecule has 3 nitrogen and oxygen atoms in total. The molecule has 0 spiro atoms. The quantitative estimate of drug-likeness (QED) is 0.647. The molecule has 0 radical (unpaired) electrons. The van der Waals surface area contributed by atoms with Gasteiger partial charge in [0.2, 0.25) is 0 Å². The van der Waals surface area contributed by atoms with Gasteiger partial charge in [-0.2, -0.15) is 11.8 Å². The molecule has 0 aromatic heterocycles. The third kappa shape index (κ3) is 5.20. The fourth-order valence-electron chi connectivity index (χ4n) is 1.76. The van der Waals surface area contributed by atoms with Crippen molar-refractivity contribution in [1.82, 2.24) is 5.32 Å². The van der Waals surface area contributed by atoms with Gasteiger partial charge in [0.05, 0.1) is 19.8 Å². The van der Waals surface area contributed by atoms with Crippen LogP contribution in [0.4, 0.5) is 0 Å². The summed E-state index contributed by atoms with van der Waals surface area (Å²) in [6.07, 6.45) is 1.28. The lowest BCUT2D eigenvalue weighted by Gasteiger charge is -2.14. The smallest absolute Gasteiger partial charge is 0.0698 e. The van der Waals surface area contributed by atoms with Gasteiger partial charge < -0.3 is 15.2 Å². The Morgan fingerprint density at radius 2 is 2.27 bits per heavy atom. The maximum Gasteiger partial charge on any atom is 0.0698 e. The average molecular weight is 233 g/mol. The maximum atomic E-state index is 8.52. The summed E-state index contributed by atoms with van der Waals surface area (Å²) in [4.78, 5) is 0. The van der Waals surface area contributed by atoms with Crippen molar-refractivity contribution < 1.29 is 9.84 Å². The van der Waals surface area contributed by atoms with E-state index in [1.807, 2.05) is 0 Å². The van der Waals surface area contributed by atoms with Gasteiger partial charge in [0.15, 0.2) is 0 Å². The van der Waals surface area contributed by atoms with Crippen molar-refractivity contribution in [2.45, 2.75) is 31.6 Å². The summed E-state index contributed by atoms with van der Waals surface area (Å²) in [7, 11) is 0. The lowest BCUT2D eigenvalue weighted by Crippen LogP contribution is -2.32. The predicted octanol–water partition coefficient (Wildman–Crippen LogP) is 1.11. The number of ether oxygens (including phenoxy) is 1. The van der Waals surface area contributed by atoms with Crippen LogP contribution in [0.3, 0.4) is 0 Å². The molecule has 0 saturated carbocycles. The average Bonchev–Trinajstić information content (AvgIpc) is 2.66. The van der Waals surface area contributed by atoms with Crippen LogP contribution in [0.25, 0.3) is 0 Å². The number of rotatable bonds is 7. The Morgan fingerprint density at radius 1 is 1.47 bits per heavy atom. The zero-order valence-electron chi connectivity index (χ0n) is 9.74. The van der Waals surface area contributed by atoms with E-state index in [1.165, 1.54) is 12.2 Å². The second kappa shape index (κ2) is 7.49. The third-order valence-corrected chi connectivity index (χ3v) is 4.45. The molecule has 1 saturated heterocycles. The summed E-state index contributed by atoms with van der Waals surface area (Å²) in [5.74, 6) is 2.01. The first-order chi connectivity index (χ1) is 7.24. The van der Waals surface area contributed by atoms with E-state index in [0.29, 0.717) is 19.3 Å². The summed E-state index contributed by atoms with van der Waals surface area (Å²) in [6, 6.07) is 0.653. The van der Waals surface area contributed by atoms with Crippen LogP contribution in [0.15, 0.2) is 0 Å². The first kappa shape index (κ1) is 13.3. The molecule has 2 N–H and O–H groups in total. The highest BCUT2D eigenvalue weighted by Crippen LogP contribution is 2.31. The van der Waals surface area contributed by atoms with E-state index in [9.17, 15) is 0 Å². The van der Waals surface area contributed by atoms with Gasteiger partial charge in [-0.3, -0.25) is 0 Å². The van der Waals surface area contributed by atoms with Crippen LogP contribution in [0.2, 0.25) is 0 Å². The second-order valence-corrected chi connectivity index (χ2v) is 5.61. The molecule has 1 aliphatic heterocycles. The number of aliphatic hydroxyl groups is 1. The molecule has 0 bridgehead atoms. The van der Waals surface area contributed by atoms with E-state index in [1.54, 1.807) is 0 Å². The molecule has 1 heterocycles. The second-order valence-electron chi connectivity index (χ2n) is 4.34. The van der Waals surface area contributed by atoms with Crippen LogP contribution >= 0.6 is 11.8 Å². The van der Waals surface area contributed by atoms with E-state index < -0.39 is 0 Å². The lowest BCUT2D eigenvalue weighted by molar-refractivity contribution is 0.0928. The minimum absolute atomic E-state index is 0.120. The monoisotopic (exact) mass is 233 g/mol. The normalized spacial score (nSPS) is 26.4. The van der Waals surface area contributed by atoms with Crippen molar-refractivity contribution in [2.75, 3.05) is 32.1 Å². The molecule has 1 aliphatic rings. The Labute approximate surface area is 97.0 Å². The molecule has 4 heteroatoms. The third-order valence-electron chi connectivity index (χ3n) is 2.69. The Balaban J connectivity index is 1.99. The Morgan fingerprint density at radius 3 is 2.87 bits per heavy atom. The van der Waals surface area contributed by atoms with Crippen LogP contribution in [-0.2, 0) is 4.74 Å². The van der Waals surface area contributed by atoms with Gasteiger partial charge in [0, 0.05) is 23.6 Å². The molecule has 2 atom stereocenters. The van der Waals surface area contributed by atoms with E-state index in [4.69, 9.17) is 9.84 Å². The van der Waals surface area contributed by atoms with E-state index in [2.05, 4.69) is 30.9 Å². The molecule has 0 aromatic rings. The number of hydrogen-bond acceptors (Lipinski definition) is 4. The number of thioether (sulfide) groups is 1. The van der Waals surface area contributed by atoms with E-state index in [-0.39, 0.29) is 6.61 Å². The van der Waals surface area contributed by atoms with E-state index >= 15 is 0 Å². The summed E-state index contributed by atoms with van der Waals surface area (Å²) >= 11 is 2.08. The summed E-state index contributed by atoms with van der Waals surface area (Å²) < 4.78 is 5.20. The number of nitrogens with one attached hydrogen (secondary N) is 1. The fraction of sp³-hybridized carbons (Fsp3) is 1.00. The molecule has 0 aliphatic carbocycles. The molecule has 2 unspecified atom stereocenters. The zero-order valence-corrected chi connectivity index (χ0v) is 10.6. The van der Waals surface area contributed by atoms with Gasteiger partial charge in [-0.15, -0.1) is 0 Å².